The van der Waals surface area contributed by atoms with E-state index in [0.29, 0.717) is 36.0 Å². The Morgan fingerprint density at radius 2 is 1.48 bits per heavy atom. The van der Waals surface area contributed by atoms with Gasteiger partial charge in [-0.25, -0.2) is 0 Å². The van der Waals surface area contributed by atoms with Crippen LogP contribution in [-0.2, 0) is 0 Å². The van der Waals surface area contributed by atoms with Crippen molar-refractivity contribution in [3.63, 3.8) is 0 Å². The maximum atomic E-state index is 12.7. The zero-order chi connectivity index (χ0) is 20.5. The molecule has 150 valence electrons. The number of amides is 1. The molecule has 0 aliphatic rings. The molecule has 0 unspecified atom stereocenters. The Balaban J connectivity index is 1.57. The zero-order valence-electron chi connectivity index (χ0n) is 16.6. The van der Waals surface area contributed by atoms with Crippen LogP contribution in [0.15, 0.2) is 78.9 Å². The number of ether oxygens (including phenoxy) is 3. The van der Waals surface area contributed by atoms with Crippen molar-refractivity contribution in [3.8, 4) is 17.2 Å². The van der Waals surface area contributed by atoms with Crippen LogP contribution in [0.5, 0.6) is 17.2 Å². The molecule has 0 aliphatic heterocycles. The number of para-hydroxylation sites is 3. The second kappa shape index (κ2) is 10.2. The lowest BCUT2D eigenvalue weighted by molar-refractivity contribution is 0.102. The van der Waals surface area contributed by atoms with E-state index >= 15 is 0 Å². The minimum Gasteiger partial charge on any atom is -0.490 e. The van der Waals surface area contributed by atoms with Gasteiger partial charge in [-0.2, -0.15) is 0 Å². The number of nitrogens with one attached hydrogen (secondary N) is 1. The van der Waals surface area contributed by atoms with Crippen LogP contribution in [0.4, 0.5) is 5.69 Å². The molecule has 0 saturated heterocycles. The predicted molar refractivity (Wildman–Crippen MR) is 114 cm³/mol. The standard InChI is InChI=1S/C24H25NO4/c1-18(2)29-23-14-7-6-13-22(23)25-24(26)19-9-8-12-21(17-19)28-16-15-27-20-10-4-3-5-11-20/h3-14,17-18H,15-16H2,1-2H3,(H,25,26). The third-order valence-electron chi connectivity index (χ3n) is 3.96. The van der Waals surface area contributed by atoms with E-state index in [1.54, 1.807) is 18.2 Å². The summed E-state index contributed by atoms with van der Waals surface area (Å²) in [5, 5.41) is 2.90. The van der Waals surface area contributed by atoms with E-state index < -0.39 is 0 Å². The molecule has 1 amide bonds. The average molecular weight is 391 g/mol. The fourth-order valence-electron chi connectivity index (χ4n) is 2.68. The largest absolute Gasteiger partial charge is 0.490 e. The number of carbonyl (C=O) groups is 1. The molecule has 0 spiro atoms. The number of hydrogen-bond donors (Lipinski definition) is 1. The first-order valence-corrected chi connectivity index (χ1v) is 9.59. The minimum atomic E-state index is -0.226. The Morgan fingerprint density at radius 3 is 2.24 bits per heavy atom. The van der Waals surface area contributed by atoms with Gasteiger partial charge in [-0.1, -0.05) is 36.4 Å². The third kappa shape index (κ3) is 6.28. The summed E-state index contributed by atoms with van der Waals surface area (Å²) in [5.41, 5.74) is 1.14. The molecule has 5 heteroatoms. The van der Waals surface area contributed by atoms with E-state index in [4.69, 9.17) is 14.2 Å². The molecule has 0 aliphatic carbocycles. The van der Waals surface area contributed by atoms with Gasteiger partial charge in [0.1, 0.15) is 30.5 Å². The molecule has 0 atom stereocenters. The van der Waals surface area contributed by atoms with Gasteiger partial charge in [0.15, 0.2) is 0 Å². The van der Waals surface area contributed by atoms with Gasteiger partial charge in [-0.3, -0.25) is 4.79 Å². The second-order valence-corrected chi connectivity index (χ2v) is 6.65. The Labute approximate surface area is 171 Å². The topological polar surface area (TPSA) is 56.8 Å². The number of benzene rings is 3. The lowest BCUT2D eigenvalue weighted by Crippen LogP contribution is -2.15. The fourth-order valence-corrected chi connectivity index (χ4v) is 2.68. The summed E-state index contributed by atoms with van der Waals surface area (Å²) < 4.78 is 17.1. The molecule has 29 heavy (non-hydrogen) atoms. The first-order chi connectivity index (χ1) is 14.1. The maximum absolute atomic E-state index is 12.7. The van der Waals surface area contributed by atoms with Crippen molar-refractivity contribution in [1.82, 2.24) is 0 Å². The predicted octanol–water partition coefficient (Wildman–Crippen LogP) is 5.18. The van der Waals surface area contributed by atoms with Crippen LogP contribution in [0, 0.1) is 0 Å². The van der Waals surface area contributed by atoms with Crippen molar-refractivity contribution >= 4 is 11.6 Å². The van der Waals surface area contributed by atoms with Crippen LogP contribution >= 0.6 is 0 Å². The van der Waals surface area contributed by atoms with Crippen molar-refractivity contribution in [3.05, 3.63) is 84.4 Å². The quantitative estimate of drug-likeness (QED) is 0.511. The molecule has 3 aromatic rings. The van der Waals surface area contributed by atoms with Crippen molar-refractivity contribution in [2.24, 2.45) is 0 Å². The third-order valence-corrected chi connectivity index (χ3v) is 3.96. The molecular weight excluding hydrogens is 366 g/mol. The van der Waals surface area contributed by atoms with Gasteiger partial charge in [0.2, 0.25) is 0 Å². The summed E-state index contributed by atoms with van der Waals surface area (Å²) >= 11 is 0. The first kappa shape index (κ1) is 20.3. The van der Waals surface area contributed by atoms with Gasteiger partial charge in [0.25, 0.3) is 5.91 Å². The lowest BCUT2D eigenvalue weighted by Gasteiger charge is -2.15. The van der Waals surface area contributed by atoms with Crippen LogP contribution in [0.1, 0.15) is 24.2 Å². The lowest BCUT2D eigenvalue weighted by atomic mass is 10.2. The Hall–Kier alpha value is -3.47. The number of anilines is 1. The monoisotopic (exact) mass is 391 g/mol. The molecule has 5 nitrogen and oxygen atoms in total. The van der Waals surface area contributed by atoms with E-state index in [2.05, 4.69) is 5.32 Å². The first-order valence-electron chi connectivity index (χ1n) is 9.59. The van der Waals surface area contributed by atoms with Gasteiger partial charge in [-0.05, 0) is 56.3 Å². The van der Waals surface area contributed by atoms with Crippen LogP contribution in [0.2, 0.25) is 0 Å². The second-order valence-electron chi connectivity index (χ2n) is 6.65. The van der Waals surface area contributed by atoms with E-state index in [1.165, 1.54) is 0 Å². The summed E-state index contributed by atoms with van der Waals surface area (Å²) in [6.07, 6.45) is 0.0166. The van der Waals surface area contributed by atoms with Gasteiger partial charge in [0, 0.05) is 5.56 Å². The highest BCUT2D eigenvalue weighted by Crippen LogP contribution is 2.26. The van der Waals surface area contributed by atoms with E-state index in [0.717, 1.165) is 5.75 Å². The minimum absolute atomic E-state index is 0.0166. The van der Waals surface area contributed by atoms with Crippen molar-refractivity contribution in [1.29, 1.82) is 0 Å². The van der Waals surface area contributed by atoms with E-state index in [1.807, 2.05) is 74.5 Å². The molecule has 0 bridgehead atoms. The highest BCUT2D eigenvalue weighted by atomic mass is 16.5. The summed E-state index contributed by atoms with van der Waals surface area (Å²) in [6, 6.07) is 24.0. The van der Waals surface area contributed by atoms with Gasteiger partial charge >= 0.3 is 0 Å². The Morgan fingerprint density at radius 1 is 0.828 bits per heavy atom. The molecular formula is C24H25NO4. The summed E-state index contributed by atoms with van der Waals surface area (Å²) in [5.74, 6) is 1.82. The number of carbonyl (C=O) groups excluding carboxylic acids is 1. The molecule has 0 saturated carbocycles. The van der Waals surface area contributed by atoms with E-state index in [-0.39, 0.29) is 12.0 Å². The van der Waals surface area contributed by atoms with E-state index in [9.17, 15) is 4.79 Å². The van der Waals surface area contributed by atoms with Crippen molar-refractivity contribution < 1.29 is 19.0 Å². The summed E-state index contributed by atoms with van der Waals surface area (Å²) in [6.45, 7) is 4.69. The SMILES string of the molecule is CC(C)Oc1ccccc1NC(=O)c1cccc(OCCOc2ccccc2)c1. The molecule has 0 radical (unpaired) electrons. The Kier molecular flexibility index (Phi) is 7.11. The molecule has 3 rings (SSSR count). The normalized spacial score (nSPS) is 10.4. The van der Waals surface area contributed by atoms with Crippen LogP contribution in [-0.4, -0.2) is 25.2 Å². The highest BCUT2D eigenvalue weighted by molar-refractivity contribution is 6.05. The average Bonchev–Trinajstić information content (AvgIpc) is 2.73. The fraction of sp³-hybridized carbons (Fsp3) is 0.208. The van der Waals surface area contributed by atoms with Gasteiger partial charge in [-0.15, -0.1) is 0 Å². The highest BCUT2D eigenvalue weighted by Gasteiger charge is 2.11. The number of hydrogen-bond acceptors (Lipinski definition) is 4. The summed E-state index contributed by atoms with van der Waals surface area (Å²) in [4.78, 5) is 12.7. The molecule has 0 fully saturated rings. The number of rotatable bonds is 9. The Bertz CT molecular complexity index is 925. The smallest absolute Gasteiger partial charge is 0.255 e. The van der Waals surface area contributed by atoms with Crippen molar-refractivity contribution in [2.45, 2.75) is 20.0 Å². The molecule has 3 aromatic carbocycles. The van der Waals surface area contributed by atoms with Crippen LogP contribution in [0.3, 0.4) is 0 Å². The van der Waals surface area contributed by atoms with Gasteiger partial charge < -0.3 is 19.5 Å². The molecule has 0 aromatic heterocycles. The maximum Gasteiger partial charge on any atom is 0.255 e. The zero-order valence-corrected chi connectivity index (χ0v) is 16.6. The summed E-state index contributed by atoms with van der Waals surface area (Å²) in [7, 11) is 0. The van der Waals surface area contributed by atoms with Crippen LogP contribution < -0.4 is 19.5 Å². The van der Waals surface area contributed by atoms with Gasteiger partial charge in [0.05, 0.1) is 11.8 Å². The molecule has 0 heterocycles. The van der Waals surface area contributed by atoms with Crippen LogP contribution in [0.25, 0.3) is 0 Å². The van der Waals surface area contributed by atoms with Crippen molar-refractivity contribution in [2.75, 3.05) is 18.5 Å². The molecule has 1 N–H and O–H groups in total.